The van der Waals surface area contributed by atoms with E-state index < -0.39 is 0 Å². The molecule has 1 aromatic rings. The Bertz CT molecular complexity index is 400. The predicted octanol–water partition coefficient (Wildman–Crippen LogP) is 3.03. The summed E-state index contributed by atoms with van der Waals surface area (Å²) in [4.78, 5) is 9.08. The molecule has 4 heteroatoms. The second kappa shape index (κ2) is 6.85. The quantitative estimate of drug-likeness (QED) is 0.857. The molecule has 1 saturated carbocycles. The molecule has 4 nitrogen and oxygen atoms in total. The van der Waals surface area contributed by atoms with E-state index in [4.69, 9.17) is 4.74 Å². The van der Waals surface area contributed by atoms with Crippen molar-refractivity contribution in [1.29, 1.82) is 0 Å². The molecule has 1 aliphatic rings. The van der Waals surface area contributed by atoms with Crippen molar-refractivity contribution in [1.82, 2.24) is 15.3 Å². The van der Waals surface area contributed by atoms with Crippen molar-refractivity contribution >= 4 is 0 Å². The van der Waals surface area contributed by atoms with Gasteiger partial charge in [0.05, 0.1) is 18.0 Å². The average molecular weight is 263 g/mol. The molecule has 0 amide bonds. The summed E-state index contributed by atoms with van der Waals surface area (Å²) in [5.74, 6) is 2.10. The monoisotopic (exact) mass is 263 g/mol. The summed E-state index contributed by atoms with van der Waals surface area (Å²) in [7, 11) is 0. The molecule has 1 heterocycles. The Hall–Kier alpha value is -1.16. The molecule has 0 radical (unpaired) electrons. The Morgan fingerprint density at radius 3 is 2.74 bits per heavy atom. The largest absolute Gasteiger partial charge is 0.487 e. The summed E-state index contributed by atoms with van der Waals surface area (Å²) in [6.07, 6.45) is 7.08. The fourth-order valence-corrected chi connectivity index (χ4v) is 2.35. The van der Waals surface area contributed by atoms with Gasteiger partial charge in [0.15, 0.2) is 5.75 Å². The molecular weight excluding hydrogens is 238 g/mol. The molecule has 0 aromatic carbocycles. The van der Waals surface area contributed by atoms with Crippen molar-refractivity contribution in [3.63, 3.8) is 0 Å². The second-order valence-electron chi connectivity index (χ2n) is 5.50. The number of rotatable bonds is 6. The fraction of sp³-hybridized carbons (Fsp3) is 0.733. The van der Waals surface area contributed by atoms with E-state index in [1.807, 2.05) is 6.20 Å². The first kappa shape index (κ1) is 14.3. The Labute approximate surface area is 116 Å². The van der Waals surface area contributed by atoms with Crippen LogP contribution in [-0.2, 0) is 6.54 Å². The fourth-order valence-electron chi connectivity index (χ4n) is 2.35. The first-order valence-corrected chi connectivity index (χ1v) is 7.44. The molecule has 0 aliphatic heterocycles. The summed E-state index contributed by atoms with van der Waals surface area (Å²) in [6, 6.07) is 0. The molecule has 1 N–H and O–H groups in total. The number of ether oxygens (including phenoxy) is 1. The van der Waals surface area contributed by atoms with E-state index in [9.17, 15) is 0 Å². The summed E-state index contributed by atoms with van der Waals surface area (Å²) in [5, 5.41) is 3.33. The molecule has 106 valence electrons. The van der Waals surface area contributed by atoms with Crippen molar-refractivity contribution in [3.05, 3.63) is 17.7 Å². The van der Waals surface area contributed by atoms with Gasteiger partial charge in [-0.3, -0.25) is 0 Å². The molecule has 19 heavy (non-hydrogen) atoms. The maximum absolute atomic E-state index is 6.07. The topological polar surface area (TPSA) is 47.0 Å². The van der Waals surface area contributed by atoms with E-state index in [0.29, 0.717) is 12.0 Å². The van der Waals surface area contributed by atoms with Gasteiger partial charge in [0.25, 0.3) is 0 Å². The van der Waals surface area contributed by atoms with Gasteiger partial charge in [0.2, 0.25) is 0 Å². The van der Waals surface area contributed by atoms with Gasteiger partial charge in [-0.1, -0.05) is 20.8 Å². The maximum atomic E-state index is 6.07. The van der Waals surface area contributed by atoms with E-state index in [-0.39, 0.29) is 0 Å². The lowest BCUT2D eigenvalue weighted by Gasteiger charge is -2.17. The zero-order valence-corrected chi connectivity index (χ0v) is 12.3. The Balaban J connectivity index is 2.14. The van der Waals surface area contributed by atoms with Crippen LogP contribution in [0.5, 0.6) is 5.75 Å². The maximum Gasteiger partial charge on any atom is 0.160 e. The summed E-state index contributed by atoms with van der Waals surface area (Å²) in [5.41, 5.74) is 0.993. The Morgan fingerprint density at radius 1 is 1.37 bits per heavy atom. The summed E-state index contributed by atoms with van der Waals surface area (Å²) < 4.78 is 6.07. The third kappa shape index (κ3) is 3.90. The molecular formula is C15H25N3O. The van der Waals surface area contributed by atoms with E-state index in [1.54, 1.807) is 0 Å². The molecule has 1 fully saturated rings. The molecule has 2 rings (SSSR count). The van der Waals surface area contributed by atoms with Crippen molar-refractivity contribution in [2.75, 3.05) is 6.54 Å². The summed E-state index contributed by atoms with van der Waals surface area (Å²) >= 11 is 0. The SMILES string of the molecule is CCNCc1nc(C(C)C)ncc1OC1CCCC1. The third-order valence-electron chi connectivity index (χ3n) is 3.50. The first-order valence-electron chi connectivity index (χ1n) is 7.44. The van der Waals surface area contributed by atoms with Crippen molar-refractivity contribution < 1.29 is 4.74 Å². The van der Waals surface area contributed by atoms with Gasteiger partial charge in [-0.15, -0.1) is 0 Å². The normalized spacial score (nSPS) is 16.2. The van der Waals surface area contributed by atoms with Crippen LogP contribution in [0.1, 0.15) is 63.9 Å². The van der Waals surface area contributed by atoms with Crippen LogP contribution in [0.15, 0.2) is 6.20 Å². The van der Waals surface area contributed by atoms with Gasteiger partial charge in [-0.2, -0.15) is 0 Å². The molecule has 0 atom stereocenters. The van der Waals surface area contributed by atoms with Crippen LogP contribution < -0.4 is 10.1 Å². The van der Waals surface area contributed by atoms with E-state index in [2.05, 4.69) is 36.1 Å². The standard InChI is InChI=1S/C15H25N3O/c1-4-16-9-13-14(19-12-7-5-6-8-12)10-17-15(18-13)11(2)3/h10-12,16H,4-9H2,1-3H3. The van der Waals surface area contributed by atoms with Crippen molar-refractivity contribution in [2.45, 2.75) is 65.0 Å². The molecule has 0 saturated heterocycles. The zero-order valence-electron chi connectivity index (χ0n) is 12.3. The highest BCUT2D eigenvalue weighted by Gasteiger charge is 2.19. The number of hydrogen-bond acceptors (Lipinski definition) is 4. The van der Waals surface area contributed by atoms with Crippen molar-refractivity contribution in [2.24, 2.45) is 0 Å². The van der Waals surface area contributed by atoms with Crippen LogP contribution in [0, 0.1) is 0 Å². The van der Waals surface area contributed by atoms with Crippen LogP contribution >= 0.6 is 0 Å². The molecule has 1 aromatic heterocycles. The van der Waals surface area contributed by atoms with Crippen LogP contribution in [0.3, 0.4) is 0 Å². The molecule has 0 bridgehead atoms. The molecule has 0 spiro atoms. The van der Waals surface area contributed by atoms with E-state index >= 15 is 0 Å². The minimum absolute atomic E-state index is 0.348. The van der Waals surface area contributed by atoms with Gasteiger partial charge in [-0.25, -0.2) is 9.97 Å². The number of aromatic nitrogens is 2. The van der Waals surface area contributed by atoms with Gasteiger partial charge in [0.1, 0.15) is 5.82 Å². The number of nitrogens with zero attached hydrogens (tertiary/aromatic N) is 2. The van der Waals surface area contributed by atoms with Crippen LogP contribution in [-0.4, -0.2) is 22.6 Å². The Kier molecular flexibility index (Phi) is 5.14. The van der Waals surface area contributed by atoms with Gasteiger partial charge in [0, 0.05) is 12.5 Å². The lowest BCUT2D eigenvalue weighted by atomic mass is 10.2. The van der Waals surface area contributed by atoms with E-state index in [0.717, 1.165) is 43.2 Å². The number of hydrogen-bond donors (Lipinski definition) is 1. The Morgan fingerprint density at radius 2 is 2.11 bits per heavy atom. The first-order chi connectivity index (χ1) is 9.20. The third-order valence-corrected chi connectivity index (χ3v) is 3.50. The zero-order chi connectivity index (χ0) is 13.7. The van der Waals surface area contributed by atoms with Crippen LogP contribution in [0.2, 0.25) is 0 Å². The molecule has 1 aliphatic carbocycles. The van der Waals surface area contributed by atoms with Gasteiger partial charge in [-0.05, 0) is 32.2 Å². The van der Waals surface area contributed by atoms with Crippen molar-refractivity contribution in [3.8, 4) is 5.75 Å². The highest BCUT2D eigenvalue weighted by atomic mass is 16.5. The highest BCUT2D eigenvalue weighted by molar-refractivity contribution is 5.25. The van der Waals surface area contributed by atoms with Gasteiger partial charge >= 0.3 is 0 Å². The minimum atomic E-state index is 0.348. The van der Waals surface area contributed by atoms with Crippen LogP contribution in [0.4, 0.5) is 0 Å². The van der Waals surface area contributed by atoms with E-state index in [1.165, 1.54) is 12.8 Å². The molecule has 0 unspecified atom stereocenters. The van der Waals surface area contributed by atoms with Gasteiger partial charge < -0.3 is 10.1 Å². The minimum Gasteiger partial charge on any atom is -0.487 e. The summed E-state index contributed by atoms with van der Waals surface area (Å²) in [6.45, 7) is 8.01. The lowest BCUT2D eigenvalue weighted by molar-refractivity contribution is 0.205. The average Bonchev–Trinajstić information content (AvgIpc) is 2.90. The smallest absolute Gasteiger partial charge is 0.160 e. The predicted molar refractivity (Wildman–Crippen MR) is 76.4 cm³/mol. The highest BCUT2D eigenvalue weighted by Crippen LogP contribution is 2.26. The second-order valence-corrected chi connectivity index (χ2v) is 5.50. The number of nitrogens with one attached hydrogen (secondary N) is 1. The van der Waals surface area contributed by atoms with Crippen LogP contribution in [0.25, 0.3) is 0 Å². The lowest BCUT2D eigenvalue weighted by Crippen LogP contribution is -2.18.